The van der Waals surface area contributed by atoms with Gasteiger partial charge < -0.3 is 4.74 Å². The summed E-state index contributed by atoms with van der Waals surface area (Å²) in [7, 11) is 0. The van der Waals surface area contributed by atoms with Gasteiger partial charge in [0.2, 0.25) is 0 Å². The lowest BCUT2D eigenvalue weighted by atomic mass is 9.46. The Morgan fingerprint density at radius 2 is 1.90 bits per heavy atom. The standard InChI is InChI=1S/C25H32O3.C2H6/c1-15(14-28-16(2)26)20-7-8-21-22-6-5-17-11-19(27)9-10-24(17,4)25(22)13-18(25)12-23(20,21)3;1-2/h9-11,18,20-22H,1,5-8,12-14H2,2-4H3;1-2H3. The van der Waals surface area contributed by atoms with Crippen molar-refractivity contribution in [2.45, 2.75) is 73.1 Å². The van der Waals surface area contributed by atoms with Gasteiger partial charge in [-0.1, -0.05) is 45.9 Å². The normalized spacial score (nSPS) is 45.0. The number of carbonyl (C=O) groups excluding carboxylic acids is 2. The lowest BCUT2D eigenvalue weighted by molar-refractivity contribution is -0.140. The molecule has 7 atom stereocenters. The van der Waals surface area contributed by atoms with Crippen LogP contribution in [0.15, 0.2) is 36.0 Å². The van der Waals surface area contributed by atoms with Crippen molar-refractivity contribution >= 4 is 11.8 Å². The fraction of sp³-hybridized carbons (Fsp3) is 0.704. The third kappa shape index (κ3) is 2.76. The molecule has 30 heavy (non-hydrogen) atoms. The number of ether oxygens (including phenoxy) is 1. The number of ketones is 1. The Hall–Kier alpha value is -1.64. The van der Waals surface area contributed by atoms with Gasteiger partial charge in [-0.3, -0.25) is 9.59 Å². The van der Waals surface area contributed by atoms with Gasteiger partial charge in [-0.05, 0) is 90.8 Å². The molecule has 0 radical (unpaired) electrons. The zero-order valence-electron chi connectivity index (χ0n) is 19.4. The second-order valence-corrected chi connectivity index (χ2v) is 10.6. The van der Waals surface area contributed by atoms with Gasteiger partial charge in [-0.2, -0.15) is 0 Å². The van der Waals surface area contributed by atoms with Crippen LogP contribution >= 0.6 is 0 Å². The van der Waals surface area contributed by atoms with Crippen molar-refractivity contribution < 1.29 is 14.3 Å². The molecule has 4 fully saturated rings. The molecule has 0 N–H and O–H groups in total. The third-order valence-corrected chi connectivity index (χ3v) is 9.61. The van der Waals surface area contributed by atoms with Crippen LogP contribution in [0.5, 0.6) is 0 Å². The summed E-state index contributed by atoms with van der Waals surface area (Å²) in [5.74, 6) is 2.61. The highest BCUT2D eigenvalue weighted by molar-refractivity contribution is 6.01. The van der Waals surface area contributed by atoms with E-state index in [1.807, 2.05) is 26.0 Å². The molecule has 4 saturated carbocycles. The minimum absolute atomic E-state index is 0.0721. The molecule has 0 saturated heterocycles. The number of hydrogen-bond acceptors (Lipinski definition) is 3. The van der Waals surface area contributed by atoms with E-state index in [0.29, 0.717) is 17.9 Å². The SMILES string of the molecule is C=C(COC(C)=O)C1CCC2C3CCC4=CC(=O)C=CC4(C)C34CC4CC12C.CC. The van der Waals surface area contributed by atoms with Crippen molar-refractivity contribution in [3.8, 4) is 0 Å². The summed E-state index contributed by atoms with van der Waals surface area (Å²) in [5.41, 5.74) is 3.21. The van der Waals surface area contributed by atoms with Crippen LogP contribution in [0.25, 0.3) is 0 Å². The maximum atomic E-state index is 12.0. The first-order chi connectivity index (χ1) is 14.2. The number of allylic oxidation sites excluding steroid dienone is 4. The van der Waals surface area contributed by atoms with Gasteiger partial charge in [-0.15, -0.1) is 0 Å². The van der Waals surface area contributed by atoms with Crippen LogP contribution in [-0.2, 0) is 14.3 Å². The van der Waals surface area contributed by atoms with E-state index in [-0.39, 0.29) is 22.6 Å². The van der Waals surface area contributed by atoms with Crippen LogP contribution in [0.2, 0.25) is 0 Å². The molecule has 7 unspecified atom stereocenters. The molecule has 0 aliphatic heterocycles. The molecule has 0 bridgehead atoms. The number of carbonyl (C=O) groups is 2. The summed E-state index contributed by atoms with van der Waals surface area (Å²) < 4.78 is 5.29. The lowest BCUT2D eigenvalue weighted by Crippen LogP contribution is -2.51. The highest BCUT2D eigenvalue weighted by Crippen LogP contribution is 2.83. The minimum Gasteiger partial charge on any atom is -0.461 e. The third-order valence-electron chi connectivity index (χ3n) is 9.61. The van der Waals surface area contributed by atoms with Crippen LogP contribution in [0.3, 0.4) is 0 Å². The molecule has 3 heteroatoms. The van der Waals surface area contributed by atoms with Gasteiger partial charge in [0.25, 0.3) is 0 Å². The predicted octanol–water partition coefficient (Wildman–Crippen LogP) is 6.06. The van der Waals surface area contributed by atoms with Crippen molar-refractivity contribution in [2.24, 2.45) is 39.9 Å². The first-order valence-electron chi connectivity index (χ1n) is 12.0. The second kappa shape index (κ2) is 7.21. The zero-order chi connectivity index (χ0) is 21.9. The van der Waals surface area contributed by atoms with E-state index >= 15 is 0 Å². The van der Waals surface area contributed by atoms with Gasteiger partial charge in [0.15, 0.2) is 5.78 Å². The van der Waals surface area contributed by atoms with Crippen LogP contribution in [0.4, 0.5) is 0 Å². The van der Waals surface area contributed by atoms with Crippen molar-refractivity contribution in [3.63, 3.8) is 0 Å². The Balaban J connectivity index is 0.00000106. The first-order valence-corrected chi connectivity index (χ1v) is 12.0. The molecular formula is C27H38O3. The van der Waals surface area contributed by atoms with E-state index in [4.69, 9.17) is 4.74 Å². The average molecular weight is 411 g/mol. The number of esters is 1. The van der Waals surface area contributed by atoms with Crippen LogP contribution in [0, 0.1) is 39.9 Å². The van der Waals surface area contributed by atoms with E-state index in [0.717, 1.165) is 29.7 Å². The molecule has 0 aromatic heterocycles. The fourth-order valence-corrected chi connectivity index (χ4v) is 8.43. The molecule has 1 spiro atoms. The molecule has 164 valence electrons. The maximum Gasteiger partial charge on any atom is 0.302 e. The molecule has 0 heterocycles. The van der Waals surface area contributed by atoms with Crippen molar-refractivity contribution in [1.82, 2.24) is 0 Å². The van der Waals surface area contributed by atoms with Crippen molar-refractivity contribution in [3.05, 3.63) is 36.0 Å². The molecule has 5 aliphatic rings. The second-order valence-electron chi connectivity index (χ2n) is 10.6. The summed E-state index contributed by atoms with van der Waals surface area (Å²) in [6.07, 6.45) is 13.3. The lowest BCUT2D eigenvalue weighted by Gasteiger charge is -2.57. The van der Waals surface area contributed by atoms with E-state index in [1.165, 1.54) is 44.6 Å². The van der Waals surface area contributed by atoms with Crippen molar-refractivity contribution in [2.75, 3.05) is 6.61 Å². The summed E-state index contributed by atoms with van der Waals surface area (Å²) in [4.78, 5) is 23.3. The zero-order valence-corrected chi connectivity index (χ0v) is 19.4. The number of hydrogen-bond donors (Lipinski definition) is 0. The van der Waals surface area contributed by atoms with Gasteiger partial charge in [0, 0.05) is 12.3 Å². The van der Waals surface area contributed by atoms with Gasteiger partial charge in [0.05, 0.1) is 0 Å². The quantitative estimate of drug-likeness (QED) is 0.420. The van der Waals surface area contributed by atoms with Gasteiger partial charge in [0.1, 0.15) is 6.61 Å². The highest BCUT2D eigenvalue weighted by atomic mass is 16.5. The largest absolute Gasteiger partial charge is 0.461 e. The Morgan fingerprint density at radius 3 is 2.60 bits per heavy atom. The molecular weight excluding hydrogens is 372 g/mol. The Labute approximate surface area is 182 Å². The summed E-state index contributed by atoms with van der Waals surface area (Å²) in [5, 5.41) is 0. The Kier molecular flexibility index (Phi) is 5.19. The molecule has 5 rings (SSSR count). The minimum atomic E-state index is -0.219. The molecule has 0 aromatic carbocycles. The van der Waals surface area contributed by atoms with Crippen LogP contribution < -0.4 is 0 Å². The monoisotopic (exact) mass is 410 g/mol. The first kappa shape index (κ1) is 21.6. The molecule has 3 nitrogen and oxygen atoms in total. The number of fused-ring (bicyclic) bond motifs is 3. The van der Waals surface area contributed by atoms with E-state index < -0.39 is 0 Å². The van der Waals surface area contributed by atoms with Crippen molar-refractivity contribution in [1.29, 1.82) is 0 Å². The predicted molar refractivity (Wildman–Crippen MR) is 120 cm³/mol. The maximum absolute atomic E-state index is 12.0. The van der Waals surface area contributed by atoms with Gasteiger partial charge >= 0.3 is 5.97 Å². The smallest absolute Gasteiger partial charge is 0.302 e. The average Bonchev–Trinajstić information content (AvgIpc) is 3.33. The van der Waals surface area contributed by atoms with Crippen LogP contribution in [0.1, 0.15) is 73.1 Å². The summed E-state index contributed by atoms with van der Waals surface area (Å²) in [6.45, 7) is 15.1. The van der Waals surface area contributed by atoms with E-state index in [2.05, 4.69) is 26.5 Å². The topological polar surface area (TPSA) is 43.4 Å². The Morgan fingerprint density at radius 1 is 1.17 bits per heavy atom. The van der Waals surface area contributed by atoms with E-state index in [1.54, 1.807) is 0 Å². The van der Waals surface area contributed by atoms with E-state index in [9.17, 15) is 9.59 Å². The summed E-state index contributed by atoms with van der Waals surface area (Å²) in [6, 6.07) is 0. The van der Waals surface area contributed by atoms with Crippen LogP contribution in [-0.4, -0.2) is 18.4 Å². The summed E-state index contributed by atoms with van der Waals surface area (Å²) >= 11 is 0. The van der Waals surface area contributed by atoms with Gasteiger partial charge in [-0.25, -0.2) is 0 Å². The highest BCUT2D eigenvalue weighted by Gasteiger charge is 2.76. The Bertz CT molecular complexity index is 835. The molecule has 0 aromatic rings. The fourth-order valence-electron chi connectivity index (χ4n) is 8.43. The molecule has 5 aliphatic carbocycles. The molecule has 0 amide bonds. The number of rotatable bonds is 3.